The van der Waals surface area contributed by atoms with E-state index in [4.69, 9.17) is 4.74 Å². The van der Waals surface area contributed by atoms with Gasteiger partial charge in [-0.2, -0.15) is 5.10 Å². The number of nitrogens with one attached hydrogen (secondary N) is 2. The summed E-state index contributed by atoms with van der Waals surface area (Å²) in [7, 11) is 0. The van der Waals surface area contributed by atoms with Crippen molar-refractivity contribution in [2.24, 2.45) is 5.10 Å². The number of carbonyl (C=O) groups excluding carboxylic acids is 3. The second kappa shape index (κ2) is 11.1. The third-order valence-electron chi connectivity index (χ3n) is 4.30. The number of hydrazone groups is 1. The maximum absolute atomic E-state index is 13.1. The number of nitro benzene ring substituents is 1. The van der Waals surface area contributed by atoms with E-state index in [2.05, 4.69) is 15.8 Å². The van der Waals surface area contributed by atoms with Crippen molar-refractivity contribution in [1.82, 2.24) is 10.7 Å². The van der Waals surface area contributed by atoms with Crippen LogP contribution < -0.4 is 15.5 Å². The third kappa shape index (κ3) is 6.79. The van der Waals surface area contributed by atoms with Crippen molar-refractivity contribution in [3.8, 4) is 5.75 Å². The quantitative estimate of drug-likeness (QED) is 0.173. The van der Waals surface area contributed by atoms with Gasteiger partial charge in [0.1, 0.15) is 11.6 Å². The van der Waals surface area contributed by atoms with Crippen LogP contribution in [0.3, 0.4) is 0 Å². The molecule has 0 heterocycles. The summed E-state index contributed by atoms with van der Waals surface area (Å²) in [6.07, 6.45) is 1.34. The van der Waals surface area contributed by atoms with Crippen LogP contribution in [0.4, 0.5) is 10.1 Å². The zero-order valence-corrected chi connectivity index (χ0v) is 17.4. The van der Waals surface area contributed by atoms with Gasteiger partial charge in [-0.05, 0) is 60.2 Å². The number of carbonyl (C=O) groups is 3. The molecule has 0 bridgehead atoms. The fourth-order valence-electron chi connectivity index (χ4n) is 2.62. The van der Waals surface area contributed by atoms with Crippen LogP contribution in [0.5, 0.6) is 5.75 Å². The Bertz CT molecular complexity index is 1240. The summed E-state index contributed by atoms with van der Waals surface area (Å²) in [4.78, 5) is 45.9. The summed E-state index contributed by atoms with van der Waals surface area (Å²) < 4.78 is 18.3. The molecule has 10 nitrogen and oxygen atoms in total. The van der Waals surface area contributed by atoms with Crippen LogP contribution in [0.2, 0.25) is 0 Å². The topological polar surface area (TPSA) is 140 Å². The second-order valence-corrected chi connectivity index (χ2v) is 6.75. The molecule has 0 aliphatic heterocycles. The maximum Gasteiger partial charge on any atom is 0.343 e. The average Bonchev–Trinajstić information content (AvgIpc) is 2.83. The number of rotatable bonds is 8. The number of nitro groups is 1. The highest BCUT2D eigenvalue weighted by molar-refractivity contribution is 5.96. The number of hydrogen-bond donors (Lipinski definition) is 2. The highest BCUT2D eigenvalue weighted by atomic mass is 19.1. The van der Waals surface area contributed by atoms with Crippen LogP contribution in [0.25, 0.3) is 0 Å². The molecule has 0 fully saturated rings. The van der Waals surface area contributed by atoms with E-state index in [0.29, 0.717) is 5.56 Å². The first kappa shape index (κ1) is 23.7. The van der Waals surface area contributed by atoms with Gasteiger partial charge in [0.15, 0.2) is 0 Å². The van der Waals surface area contributed by atoms with Crippen LogP contribution in [-0.4, -0.2) is 35.5 Å². The zero-order valence-electron chi connectivity index (χ0n) is 17.4. The maximum atomic E-state index is 13.1. The molecule has 0 aromatic heterocycles. The Morgan fingerprint density at radius 2 is 1.71 bits per heavy atom. The third-order valence-corrected chi connectivity index (χ3v) is 4.30. The van der Waals surface area contributed by atoms with Gasteiger partial charge in [-0.25, -0.2) is 14.6 Å². The molecule has 2 N–H and O–H groups in total. The molecule has 0 unspecified atom stereocenters. The Balaban J connectivity index is 1.45. The Morgan fingerprint density at radius 3 is 2.35 bits per heavy atom. The molecule has 0 atom stereocenters. The normalized spacial score (nSPS) is 10.5. The van der Waals surface area contributed by atoms with Gasteiger partial charge < -0.3 is 10.1 Å². The fraction of sp³-hybridized carbons (Fsp3) is 0.0435. The molecule has 172 valence electrons. The number of hydrogen-bond acceptors (Lipinski definition) is 7. The zero-order chi connectivity index (χ0) is 24.5. The second-order valence-electron chi connectivity index (χ2n) is 6.75. The monoisotopic (exact) mass is 464 g/mol. The molecule has 0 aliphatic rings. The van der Waals surface area contributed by atoms with Crippen molar-refractivity contribution < 1.29 is 28.4 Å². The molecule has 3 aromatic carbocycles. The molecule has 0 saturated heterocycles. The van der Waals surface area contributed by atoms with Crippen LogP contribution >= 0.6 is 0 Å². The molecule has 11 heteroatoms. The van der Waals surface area contributed by atoms with Gasteiger partial charge >= 0.3 is 5.97 Å². The summed E-state index contributed by atoms with van der Waals surface area (Å²) in [5, 5.41) is 16.8. The van der Waals surface area contributed by atoms with Gasteiger partial charge in [0, 0.05) is 17.7 Å². The SMILES string of the molecule is O=C(CNC(=O)c1cccc(F)c1)NN=Cc1ccc(OC(=O)c2ccc([N+](=O)[O-])cc2)cc1. The molecule has 0 radical (unpaired) electrons. The van der Waals surface area contributed by atoms with E-state index < -0.39 is 28.5 Å². The Kier molecular flexibility index (Phi) is 7.74. The number of esters is 1. The lowest BCUT2D eigenvalue weighted by atomic mass is 10.2. The highest BCUT2D eigenvalue weighted by Gasteiger charge is 2.12. The average molecular weight is 464 g/mol. The van der Waals surface area contributed by atoms with Crippen molar-refractivity contribution in [3.05, 3.63) is 105 Å². The van der Waals surface area contributed by atoms with E-state index in [1.807, 2.05) is 0 Å². The number of ether oxygens (including phenoxy) is 1. The lowest BCUT2D eigenvalue weighted by Crippen LogP contribution is -2.34. The van der Waals surface area contributed by atoms with Gasteiger partial charge in [-0.1, -0.05) is 6.07 Å². The Hall–Kier alpha value is -4.93. The number of non-ortho nitro benzene ring substituents is 1. The molecule has 0 saturated carbocycles. The molecule has 34 heavy (non-hydrogen) atoms. The van der Waals surface area contributed by atoms with Gasteiger partial charge in [-0.3, -0.25) is 19.7 Å². The van der Waals surface area contributed by atoms with E-state index in [1.54, 1.807) is 12.1 Å². The van der Waals surface area contributed by atoms with Crippen molar-refractivity contribution in [2.75, 3.05) is 6.54 Å². The van der Waals surface area contributed by atoms with Crippen LogP contribution in [0, 0.1) is 15.9 Å². The molecule has 0 spiro atoms. The van der Waals surface area contributed by atoms with E-state index in [0.717, 1.165) is 6.07 Å². The number of halogens is 1. The van der Waals surface area contributed by atoms with E-state index in [-0.39, 0.29) is 29.1 Å². The lowest BCUT2D eigenvalue weighted by molar-refractivity contribution is -0.384. The number of nitrogens with zero attached hydrogens (tertiary/aromatic N) is 2. The van der Waals surface area contributed by atoms with Gasteiger partial charge in [-0.15, -0.1) is 0 Å². The van der Waals surface area contributed by atoms with Crippen LogP contribution in [0.15, 0.2) is 77.9 Å². The molecule has 3 rings (SSSR count). The minimum absolute atomic E-state index is 0.0886. The Morgan fingerprint density at radius 1 is 1.00 bits per heavy atom. The van der Waals surface area contributed by atoms with Crippen LogP contribution in [-0.2, 0) is 4.79 Å². The summed E-state index contributed by atoms with van der Waals surface area (Å²) >= 11 is 0. The molecule has 2 amide bonds. The summed E-state index contributed by atoms with van der Waals surface area (Å²) in [6, 6.07) is 16.2. The highest BCUT2D eigenvalue weighted by Crippen LogP contribution is 2.16. The molecular formula is C23H17FN4O6. The van der Waals surface area contributed by atoms with Crippen LogP contribution in [0.1, 0.15) is 26.3 Å². The van der Waals surface area contributed by atoms with E-state index in [1.165, 1.54) is 60.8 Å². The minimum Gasteiger partial charge on any atom is -0.423 e. The van der Waals surface area contributed by atoms with Gasteiger partial charge in [0.2, 0.25) is 0 Å². The fourth-order valence-corrected chi connectivity index (χ4v) is 2.62. The predicted molar refractivity (Wildman–Crippen MR) is 119 cm³/mol. The molecular weight excluding hydrogens is 447 g/mol. The largest absolute Gasteiger partial charge is 0.423 e. The predicted octanol–water partition coefficient (Wildman–Crippen LogP) is 2.83. The number of benzene rings is 3. The Labute approximate surface area is 192 Å². The molecule has 3 aromatic rings. The van der Waals surface area contributed by atoms with E-state index >= 15 is 0 Å². The smallest absolute Gasteiger partial charge is 0.343 e. The van der Waals surface area contributed by atoms with Crippen molar-refractivity contribution in [2.45, 2.75) is 0 Å². The van der Waals surface area contributed by atoms with E-state index in [9.17, 15) is 28.9 Å². The molecule has 0 aliphatic carbocycles. The van der Waals surface area contributed by atoms with Gasteiger partial charge in [0.25, 0.3) is 17.5 Å². The summed E-state index contributed by atoms with van der Waals surface area (Å²) in [6.45, 7) is -0.357. The van der Waals surface area contributed by atoms with Crippen molar-refractivity contribution >= 4 is 29.7 Å². The first-order valence-corrected chi connectivity index (χ1v) is 9.74. The summed E-state index contributed by atoms with van der Waals surface area (Å²) in [5.74, 6) is -2.19. The standard InChI is InChI=1S/C23H17FN4O6/c24-18-3-1-2-17(12-18)22(30)25-14-21(29)27-26-13-15-4-10-20(11-5-15)34-23(31)16-6-8-19(9-7-16)28(32)33/h1-13H,14H2,(H,25,30)(H,27,29). The van der Waals surface area contributed by atoms with Crippen molar-refractivity contribution in [3.63, 3.8) is 0 Å². The lowest BCUT2D eigenvalue weighted by Gasteiger charge is -2.05. The first-order valence-electron chi connectivity index (χ1n) is 9.74. The minimum atomic E-state index is -0.677. The number of amides is 2. The summed E-state index contributed by atoms with van der Waals surface area (Å²) in [5.41, 5.74) is 2.93. The van der Waals surface area contributed by atoms with Gasteiger partial charge in [0.05, 0.1) is 23.2 Å². The first-order chi connectivity index (χ1) is 16.3. The van der Waals surface area contributed by atoms with Crippen molar-refractivity contribution in [1.29, 1.82) is 0 Å².